The second-order valence-electron chi connectivity index (χ2n) is 6.40. The molecule has 1 saturated carbocycles. The molecule has 1 fully saturated rings. The monoisotopic (exact) mass is 266 g/mol. The predicted octanol–water partition coefficient (Wildman–Crippen LogP) is 3.67. The van der Waals surface area contributed by atoms with E-state index in [0.717, 1.165) is 32.1 Å². The molecule has 0 amide bonds. The lowest BCUT2D eigenvalue weighted by Gasteiger charge is -2.22. The van der Waals surface area contributed by atoms with Crippen molar-refractivity contribution in [3.63, 3.8) is 0 Å². The van der Waals surface area contributed by atoms with Crippen molar-refractivity contribution >= 4 is 11.8 Å². The lowest BCUT2D eigenvalue weighted by molar-refractivity contribution is -0.157. The number of allylic oxidation sites excluding steroid dienone is 1. The SMILES string of the molecule is C=CCC1CCCC[C@@H](CC(=O)OC(C)(C)C)C1=O. The largest absolute Gasteiger partial charge is 0.460 e. The van der Waals surface area contributed by atoms with Gasteiger partial charge in [0.2, 0.25) is 0 Å². The van der Waals surface area contributed by atoms with Gasteiger partial charge in [-0.3, -0.25) is 9.59 Å². The van der Waals surface area contributed by atoms with E-state index in [0.29, 0.717) is 0 Å². The smallest absolute Gasteiger partial charge is 0.307 e. The molecular weight excluding hydrogens is 240 g/mol. The Morgan fingerprint density at radius 3 is 2.42 bits per heavy atom. The summed E-state index contributed by atoms with van der Waals surface area (Å²) in [6, 6.07) is 0. The molecule has 3 nitrogen and oxygen atoms in total. The maximum Gasteiger partial charge on any atom is 0.307 e. The molecule has 1 rings (SSSR count). The maximum absolute atomic E-state index is 12.4. The number of ketones is 1. The fourth-order valence-corrected chi connectivity index (χ4v) is 2.62. The number of rotatable bonds is 4. The molecule has 3 heteroatoms. The van der Waals surface area contributed by atoms with Crippen molar-refractivity contribution in [3.8, 4) is 0 Å². The summed E-state index contributed by atoms with van der Waals surface area (Å²) in [5.41, 5.74) is -0.481. The number of hydrogen-bond acceptors (Lipinski definition) is 3. The van der Waals surface area contributed by atoms with Gasteiger partial charge in [-0.15, -0.1) is 6.58 Å². The predicted molar refractivity (Wildman–Crippen MR) is 75.7 cm³/mol. The van der Waals surface area contributed by atoms with Gasteiger partial charge in [0.25, 0.3) is 0 Å². The normalized spacial score (nSPS) is 24.7. The van der Waals surface area contributed by atoms with Gasteiger partial charge < -0.3 is 4.74 Å². The van der Waals surface area contributed by atoms with Gasteiger partial charge in [-0.25, -0.2) is 0 Å². The Bertz CT molecular complexity index is 338. The van der Waals surface area contributed by atoms with Gasteiger partial charge in [0.15, 0.2) is 0 Å². The van der Waals surface area contributed by atoms with E-state index in [1.54, 1.807) is 6.08 Å². The summed E-state index contributed by atoms with van der Waals surface area (Å²) in [6.07, 6.45) is 6.58. The highest BCUT2D eigenvalue weighted by Gasteiger charge is 2.31. The van der Waals surface area contributed by atoms with Crippen molar-refractivity contribution in [2.45, 2.75) is 64.9 Å². The molecular formula is C16H26O3. The van der Waals surface area contributed by atoms with E-state index in [-0.39, 0.29) is 30.0 Å². The summed E-state index contributed by atoms with van der Waals surface area (Å²) in [4.78, 5) is 24.2. The summed E-state index contributed by atoms with van der Waals surface area (Å²) in [5.74, 6) is -0.150. The fourth-order valence-electron chi connectivity index (χ4n) is 2.62. The first-order valence-corrected chi connectivity index (χ1v) is 7.20. The van der Waals surface area contributed by atoms with Crippen LogP contribution in [0, 0.1) is 11.8 Å². The number of carbonyl (C=O) groups excluding carboxylic acids is 2. The summed E-state index contributed by atoms with van der Waals surface area (Å²) >= 11 is 0. The highest BCUT2D eigenvalue weighted by Crippen LogP contribution is 2.29. The molecule has 1 aliphatic rings. The van der Waals surface area contributed by atoms with E-state index in [2.05, 4.69) is 6.58 Å². The molecule has 0 N–H and O–H groups in total. The Morgan fingerprint density at radius 2 is 1.89 bits per heavy atom. The van der Waals surface area contributed by atoms with Crippen molar-refractivity contribution in [2.24, 2.45) is 11.8 Å². The zero-order chi connectivity index (χ0) is 14.5. The van der Waals surface area contributed by atoms with E-state index >= 15 is 0 Å². The Balaban J connectivity index is 2.62. The Labute approximate surface area is 116 Å². The molecule has 0 saturated heterocycles. The van der Waals surface area contributed by atoms with Crippen LogP contribution in [0.5, 0.6) is 0 Å². The average Bonchev–Trinajstić information content (AvgIpc) is 2.42. The minimum Gasteiger partial charge on any atom is -0.460 e. The molecule has 108 valence electrons. The highest BCUT2D eigenvalue weighted by molar-refractivity contribution is 5.87. The lowest BCUT2D eigenvalue weighted by Crippen LogP contribution is -2.29. The van der Waals surface area contributed by atoms with Gasteiger partial charge in [-0.2, -0.15) is 0 Å². The van der Waals surface area contributed by atoms with Gasteiger partial charge in [0.1, 0.15) is 11.4 Å². The van der Waals surface area contributed by atoms with Crippen LogP contribution in [0.3, 0.4) is 0 Å². The molecule has 1 unspecified atom stereocenters. The van der Waals surface area contributed by atoms with Gasteiger partial charge in [0.05, 0.1) is 6.42 Å². The zero-order valence-electron chi connectivity index (χ0n) is 12.4. The number of ether oxygens (including phenoxy) is 1. The molecule has 2 atom stereocenters. The molecule has 0 aliphatic heterocycles. The fraction of sp³-hybridized carbons (Fsp3) is 0.750. The van der Waals surface area contributed by atoms with Crippen LogP contribution < -0.4 is 0 Å². The van der Waals surface area contributed by atoms with Gasteiger partial charge in [-0.05, 0) is 40.0 Å². The highest BCUT2D eigenvalue weighted by atomic mass is 16.6. The minimum absolute atomic E-state index is 0.0486. The topological polar surface area (TPSA) is 43.4 Å². The summed E-state index contributed by atoms with van der Waals surface area (Å²) in [5, 5.41) is 0. The molecule has 0 spiro atoms. The third-order valence-corrected chi connectivity index (χ3v) is 3.44. The summed E-state index contributed by atoms with van der Waals surface area (Å²) in [7, 11) is 0. The number of Topliss-reactive ketones (excluding diaryl/α,β-unsaturated/α-hetero) is 1. The van der Waals surface area contributed by atoms with E-state index in [1.165, 1.54) is 0 Å². The van der Waals surface area contributed by atoms with E-state index in [4.69, 9.17) is 4.74 Å². The van der Waals surface area contributed by atoms with Crippen molar-refractivity contribution in [1.29, 1.82) is 0 Å². The molecule has 0 aromatic heterocycles. The standard InChI is InChI=1S/C16H26O3/c1-5-8-12-9-6-7-10-13(15(12)18)11-14(17)19-16(2,3)4/h5,12-13H,1,6-11H2,2-4H3/t12?,13-/m0/s1. The minimum atomic E-state index is -0.481. The second-order valence-corrected chi connectivity index (χ2v) is 6.40. The van der Waals surface area contributed by atoms with Crippen LogP contribution in [-0.4, -0.2) is 17.4 Å². The Morgan fingerprint density at radius 1 is 1.32 bits per heavy atom. The first kappa shape index (κ1) is 15.9. The molecule has 0 aromatic rings. The van der Waals surface area contributed by atoms with Crippen LogP contribution in [-0.2, 0) is 14.3 Å². The van der Waals surface area contributed by atoms with Crippen LogP contribution in [0.25, 0.3) is 0 Å². The number of carbonyl (C=O) groups is 2. The van der Waals surface area contributed by atoms with Gasteiger partial charge in [-0.1, -0.05) is 18.9 Å². The third kappa shape index (κ3) is 5.58. The maximum atomic E-state index is 12.4. The van der Waals surface area contributed by atoms with E-state index in [9.17, 15) is 9.59 Å². The van der Waals surface area contributed by atoms with Crippen LogP contribution >= 0.6 is 0 Å². The molecule has 0 heterocycles. The molecule has 0 radical (unpaired) electrons. The van der Waals surface area contributed by atoms with Gasteiger partial charge >= 0.3 is 5.97 Å². The van der Waals surface area contributed by atoms with Crippen LogP contribution in [0.1, 0.15) is 59.3 Å². The quantitative estimate of drug-likeness (QED) is 0.443. The molecule has 19 heavy (non-hydrogen) atoms. The van der Waals surface area contributed by atoms with E-state index < -0.39 is 5.60 Å². The molecule has 1 aliphatic carbocycles. The molecule has 0 aromatic carbocycles. The zero-order valence-corrected chi connectivity index (χ0v) is 12.4. The van der Waals surface area contributed by atoms with Crippen molar-refractivity contribution < 1.29 is 14.3 Å². The average molecular weight is 266 g/mol. The summed E-state index contributed by atoms with van der Waals surface area (Å²) < 4.78 is 5.31. The van der Waals surface area contributed by atoms with Crippen molar-refractivity contribution in [3.05, 3.63) is 12.7 Å². The van der Waals surface area contributed by atoms with Crippen molar-refractivity contribution in [2.75, 3.05) is 0 Å². The molecule has 0 bridgehead atoms. The number of hydrogen-bond donors (Lipinski definition) is 0. The first-order chi connectivity index (χ1) is 8.83. The lowest BCUT2D eigenvalue weighted by atomic mass is 9.87. The number of esters is 1. The van der Waals surface area contributed by atoms with Crippen LogP contribution in [0.2, 0.25) is 0 Å². The Kier molecular flexibility index (Phi) is 5.77. The van der Waals surface area contributed by atoms with E-state index in [1.807, 2.05) is 20.8 Å². The van der Waals surface area contributed by atoms with Crippen LogP contribution in [0.15, 0.2) is 12.7 Å². The van der Waals surface area contributed by atoms with Crippen molar-refractivity contribution in [1.82, 2.24) is 0 Å². The van der Waals surface area contributed by atoms with Gasteiger partial charge in [0, 0.05) is 11.8 Å². The summed E-state index contributed by atoms with van der Waals surface area (Å²) in [6.45, 7) is 9.25. The first-order valence-electron chi connectivity index (χ1n) is 7.20. The Hall–Kier alpha value is -1.12. The third-order valence-electron chi connectivity index (χ3n) is 3.44. The second kappa shape index (κ2) is 6.88. The van der Waals surface area contributed by atoms with Crippen LogP contribution in [0.4, 0.5) is 0 Å².